The number of nitrogens with zero attached hydrogens (tertiary/aromatic N) is 4. The van der Waals surface area contributed by atoms with Gasteiger partial charge in [0.1, 0.15) is 6.54 Å². The van der Waals surface area contributed by atoms with E-state index in [2.05, 4.69) is 24.2 Å². The van der Waals surface area contributed by atoms with Gasteiger partial charge in [-0.2, -0.15) is 0 Å². The van der Waals surface area contributed by atoms with Crippen LogP contribution in [-0.2, 0) is 11.3 Å². The highest BCUT2D eigenvalue weighted by Gasteiger charge is 2.28. The number of aromatic nitrogens is 3. The van der Waals surface area contributed by atoms with Crippen molar-refractivity contribution in [1.29, 1.82) is 0 Å². The van der Waals surface area contributed by atoms with Crippen LogP contribution in [0, 0.1) is 11.8 Å². The smallest absolute Gasteiger partial charge is 0.358 e. The monoisotopic (exact) mass is 266 g/mol. The van der Waals surface area contributed by atoms with Crippen molar-refractivity contribution in [2.75, 3.05) is 13.1 Å². The van der Waals surface area contributed by atoms with Crippen LogP contribution in [0.2, 0.25) is 0 Å². The molecule has 0 aromatic carbocycles. The quantitative estimate of drug-likeness (QED) is 0.856. The summed E-state index contributed by atoms with van der Waals surface area (Å²) in [6.07, 6.45) is 2.30. The molecule has 7 heteroatoms. The lowest BCUT2D eigenvalue weighted by atomic mass is 9.95. The molecule has 1 aromatic heterocycles. The number of likely N-dealkylation sites (tertiary alicyclic amines) is 1. The maximum Gasteiger partial charge on any atom is 0.358 e. The molecule has 1 aromatic rings. The van der Waals surface area contributed by atoms with Gasteiger partial charge in [-0.1, -0.05) is 19.1 Å². The van der Waals surface area contributed by atoms with E-state index in [1.807, 2.05) is 4.90 Å². The predicted molar refractivity (Wildman–Crippen MR) is 66.5 cm³/mol. The number of carboxylic acids is 1. The van der Waals surface area contributed by atoms with Crippen molar-refractivity contribution < 1.29 is 14.7 Å². The molecule has 1 atom stereocenters. The first-order chi connectivity index (χ1) is 8.97. The molecule has 104 valence electrons. The van der Waals surface area contributed by atoms with Gasteiger partial charge in [0.25, 0.3) is 0 Å². The summed E-state index contributed by atoms with van der Waals surface area (Å²) in [5, 5.41) is 15.9. The van der Waals surface area contributed by atoms with Crippen molar-refractivity contribution in [3.05, 3.63) is 11.9 Å². The molecular weight excluding hydrogens is 248 g/mol. The summed E-state index contributed by atoms with van der Waals surface area (Å²) in [6, 6.07) is 0. The van der Waals surface area contributed by atoms with E-state index in [0.29, 0.717) is 11.8 Å². The second kappa shape index (κ2) is 5.38. The Hall–Kier alpha value is -1.92. The van der Waals surface area contributed by atoms with E-state index in [1.165, 1.54) is 10.9 Å². The Morgan fingerprint density at radius 2 is 2.26 bits per heavy atom. The Bertz CT molecular complexity index is 483. The van der Waals surface area contributed by atoms with Crippen LogP contribution in [0.5, 0.6) is 0 Å². The van der Waals surface area contributed by atoms with Crippen molar-refractivity contribution in [3.63, 3.8) is 0 Å². The molecule has 7 nitrogen and oxygen atoms in total. The molecule has 1 aliphatic heterocycles. The number of hydrogen-bond donors (Lipinski definition) is 1. The first-order valence-electron chi connectivity index (χ1n) is 6.38. The largest absolute Gasteiger partial charge is 0.476 e. The van der Waals surface area contributed by atoms with Crippen LogP contribution in [0.4, 0.5) is 0 Å². The first kappa shape index (κ1) is 13.5. The third-order valence-electron chi connectivity index (χ3n) is 3.58. The van der Waals surface area contributed by atoms with Crippen LogP contribution in [0.25, 0.3) is 0 Å². The Morgan fingerprint density at radius 3 is 2.79 bits per heavy atom. The van der Waals surface area contributed by atoms with E-state index in [0.717, 1.165) is 19.5 Å². The molecular formula is C12H18N4O3. The molecule has 0 spiro atoms. The van der Waals surface area contributed by atoms with Crippen LogP contribution in [-0.4, -0.2) is 50.0 Å². The SMILES string of the molecule is CC(C)C1CCN(C(=O)Cn2cc(C(=O)O)nn2)C1. The van der Waals surface area contributed by atoms with Crippen LogP contribution < -0.4 is 0 Å². The van der Waals surface area contributed by atoms with E-state index in [-0.39, 0.29) is 18.1 Å². The van der Waals surface area contributed by atoms with Crippen LogP contribution >= 0.6 is 0 Å². The van der Waals surface area contributed by atoms with E-state index in [1.54, 1.807) is 0 Å². The van der Waals surface area contributed by atoms with Gasteiger partial charge in [-0.05, 0) is 18.3 Å². The molecule has 19 heavy (non-hydrogen) atoms. The zero-order chi connectivity index (χ0) is 14.0. The molecule has 1 unspecified atom stereocenters. The highest BCUT2D eigenvalue weighted by atomic mass is 16.4. The molecule has 0 saturated carbocycles. The minimum absolute atomic E-state index is 0.0370. The maximum absolute atomic E-state index is 12.1. The van der Waals surface area contributed by atoms with Gasteiger partial charge in [0.05, 0.1) is 6.20 Å². The summed E-state index contributed by atoms with van der Waals surface area (Å²) in [5.41, 5.74) is -0.144. The molecule has 0 bridgehead atoms. The van der Waals surface area contributed by atoms with E-state index >= 15 is 0 Å². The van der Waals surface area contributed by atoms with E-state index in [9.17, 15) is 9.59 Å². The minimum Gasteiger partial charge on any atom is -0.476 e. The van der Waals surface area contributed by atoms with Crippen molar-refractivity contribution in [1.82, 2.24) is 19.9 Å². The van der Waals surface area contributed by atoms with Crippen LogP contribution in [0.3, 0.4) is 0 Å². The Labute approximate surface area is 111 Å². The summed E-state index contributed by atoms with van der Waals surface area (Å²) < 4.78 is 1.27. The van der Waals surface area contributed by atoms with Crippen molar-refractivity contribution >= 4 is 11.9 Å². The highest BCUT2D eigenvalue weighted by Crippen LogP contribution is 2.23. The zero-order valence-electron chi connectivity index (χ0n) is 11.1. The fourth-order valence-electron chi connectivity index (χ4n) is 2.27. The number of hydrogen-bond acceptors (Lipinski definition) is 4. The van der Waals surface area contributed by atoms with Crippen molar-refractivity contribution in [3.8, 4) is 0 Å². The summed E-state index contributed by atoms with van der Waals surface area (Å²) in [6.45, 7) is 5.91. The van der Waals surface area contributed by atoms with Crippen LogP contribution in [0.1, 0.15) is 30.8 Å². The summed E-state index contributed by atoms with van der Waals surface area (Å²) >= 11 is 0. The Balaban J connectivity index is 1.92. The Morgan fingerprint density at radius 1 is 1.53 bits per heavy atom. The van der Waals surface area contributed by atoms with Gasteiger partial charge in [0, 0.05) is 13.1 Å². The predicted octanol–water partition coefficient (Wildman–Crippen LogP) is 0.481. The molecule has 2 rings (SSSR count). The number of carbonyl (C=O) groups is 2. The highest BCUT2D eigenvalue weighted by molar-refractivity contribution is 5.84. The second-order valence-corrected chi connectivity index (χ2v) is 5.24. The normalized spacial score (nSPS) is 19.1. The van der Waals surface area contributed by atoms with Crippen molar-refractivity contribution in [2.24, 2.45) is 11.8 Å². The van der Waals surface area contributed by atoms with Gasteiger partial charge >= 0.3 is 5.97 Å². The zero-order valence-corrected chi connectivity index (χ0v) is 11.1. The maximum atomic E-state index is 12.1. The Kier molecular flexibility index (Phi) is 3.82. The van der Waals surface area contributed by atoms with Gasteiger partial charge in [0.15, 0.2) is 5.69 Å². The lowest BCUT2D eigenvalue weighted by Crippen LogP contribution is -2.32. The molecule has 1 fully saturated rings. The lowest BCUT2D eigenvalue weighted by Gasteiger charge is -2.17. The summed E-state index contributed by atoms with van der Waals surface area (Å²) in [7, 11) is 0. The van der Waals surface area contributed by atoms with Gasteiger partial charge in [-0.3, -0.25) is 4.79 Å². The van der Waals surface area contributed by atoms with Crippen LogP contribution in [0.15, 0.2) is 6.20 Å². The number of rotatable bonds is 4. The second-order valence-electron chi connectivity index (χ2n) is 5.24. The molecule has 1 N–H and O–H groups in total. The standard InChI is InChI=1S/C12H18N4O3/c1-8(2)9-3-4-15(5-9)11(17)7-16-6-10(12(18)19)13-14-16/h6,8-9H,3-5,7H2,1-2H3,(H,18,19). The summed E-state index contributed by atoms with van der Waals surface area (Å²) in [5.74, 6) is -0.0539. The molecule has 1 saturated heterocycles. The third kappa shape index (κ3) is 3.10. The molecule has 0 radical (unpaired) electrons. The number of carboxylic acid groups (broad SMARTS) is 1. The average molecular weight is 266 g/mol. The fourth-order valence-corrected chi connectivity index (χ4v) is 2.27. The number of amides is 1. The fraction of sp³-hybridized carbons (Fsp3) is 0.667. The van der Waals surface area contributed by atoms with Gasteiger partial charge in [-0.25, -0.2) is 9.48 Å². The van der Waals surface area contributed by atoms with Gasteiger partial charge in [-0.15, -0.1) is 5.10 Å². The number of aromatic carboxylic acids is 1. The number of carbonyl (C=O) groups excluding carboxylic acids is 1. The topological polar surface area (TPSA) is 88.3 Å². The average Bonchev–Trinajstić information content (AvgIpc) is 2.96. The summed E-state index contributed by atoms with van der Waals surface area (Å²) in [4.78, 5) is 24.5. The van der Waals surface area contributed by atoms with Crippen molar-refractivity contribution in [2.45, 2.75) is 26.8 Å². The lowest BCUT2D eigenvalue weighted by molar-refractivity contribution is -0.131. The molecule has 0 aliphatic carbocycles. The molecule has 2 heterocycles. The van der Waals surface area contributed by atoms with E-state index in [4.69, 9.17) is 5.11 Å². The minimum atomic E-state index is -1.14. The van der Waals surface area contributed by atoms with Gasteiger partial charge < -0.3 is 10.0 Å². The first-order valence-corrected chi connectivity index (χ1v) is 6.38. The van der Waals surface area contributed by atoms with Gasteiger partial charge in [0.2, 0.25) is 5.91 Å². The molecule has 1 aliphatic rings. The molecule has 1 amide bonds. The van der Waals surface area contributed by atoms with E-state index < -0.39 is 5.97 Å². The third-order valence-corrected chi connectivity index (χ3v) is 3.58.